The van der Waals surface area contributed by atoms with Crippen molar-refractivity contribution in [3.63, 3.8) is 0 Å². The number of piperazine rings is 1. The highest BCUT2D eigenvalue weighted by atomic mass is 16.6. The summed E-state index contributed by atoms with van der Waals surface area (Å²) < 4.78 is 0. The molecule has 9 nitrogen and oxygen atoms in total. The maximum Gasteiger partial charge on any atom is 0.321 e. The Bertz CT molecular complexity index is 683. The van der Waals surface area contributed by atoms with Gasteiger partial charge in [-0.2, -0.15) is 0 Å². The van der Waals surface area contributed by atoms with Crippen LogP contribution < -0.4 is 10.6 Å². The number of nitrogens with zero attached hydrogens (tertiary/aromatic N) is 3. The Morgan fingerprint density at radius 3 is 2.36 bits per heavy atom. The zero-order chi connectivity index (χ0) is 18.6. The second-order valence-electron chi connectivity index (χ2n) is 6.08. The van der Waals surface area contributed by atoms with Gasteiger partial charge < -0.3 is 15.5 Å². The number of likely N-dealkylation sites (N-methyl/N-ethyl adjacent to an activating group) is 1. The molecule has 0 radical (unpaired) electrons. The second-order valence-corrected chi connectivity index (χ2v) is 6.08. The van der Waals surface area contributed by atoms with Crippen molar-refractivity contribution in [1.82, 2.24) is 15.1 Å². The van der Waals surface area contributed by atoms with E-state index in [1.807, 2.05) is 4.90 Å². The van der Waals surface area contributed by atoms with Crippen molar-refractivity contribution in [2.45, 2.75) is 13.8 Å². The van der Waals surface area contributed by atoms with Crippen LogP contribution in [0.25, 0.3) is 0 Å². The molecule has 3 amide bonds. The molecule has 25 heavy (non-hydrogen) atoms. The zero-order valence-corrected chi connectivity index (χ0v) is 14.7. The standard InChI is InChI=1S/C16H23N5O4/c1-11-9-14(21(24)25)12(2)8-13(11)18-16(23)20-6-4-19(5-7-20)10-15(22)17-3/h8-9H,4-7,10H2,1-3H3,(H,17,22)(H,18,23). The molecule has 1 aliphatic heterocycles. The minimum atomic E-state index is -0.431. The fourth-order valence-electron chi connectivity index (χ4n) is 2.72. The number of hydrogen-bond donors (Lipinski definition) is 2. The van der Waals surface area contributed by atoms with Crippen molar-refractivity contribution in [2.75, 3.05) is 45.1 Å². The van der Waals surface area contributed by atoms with Crippen LogP contribution in [-0.4, -0.2) is 66.4 Å². The number of rotatable bonds is 4. The van der Waals surface area contributed by atoms with Crippen molar-refractivity contribution in [1.29, 1.82) is 0 Å². The predicted octanol–water partition coefficient (Wildman–Crippen LogP) is 1.11. The van der Waals surface area contributed by atoms with E-state index in [-0.39, 0.29) is 17.6 Å². The number of benzene rings is 1. The molecule has 9 heteroatoms. The normalized spacial score (nSPS) is 14.9. The lowest BCUT2D eigenvalue weighted by molar-refractivity contribution is -0.385. The number of nitro groups is 1. The largest absolute Gasteiger partial charge is 0.358 e. The van der Waals surface area contributed by atoms with Crippen LogP contribution >= 0.6 is 0 Å². The quantitative estimate of drug-likeness (QED) is 0.625. The smallest absolute Gasteiger partial charge is 0.321 e. The summed E-state index contributed by atoms with van der Waals surface area (Å²) in [4.78, 5) is 38.0. The van der Waals surface area contributed by atoms with Gasteiger partial charge in [0.1, 0.15) is 0 Å². The van der Waals surface area contributed by atoms with Gasteiger partial charge in [-0.25, -0.2) is 4.79 Å². The molecule has 1 heterocycles. The van der Waals surface area contributed by atoms with Crippen LogP contribution in [-0.2, 0) is 4.79 Å². The Hall–Kier alpha value is -2.68. The number of carbonyl (C=O) groups is 2. The average molecular weight is 349 g/mol. The third-order valence-corrected chi connectivity index (χ3v) is 4.29. The van der Waals surface area contributed by atoms with Crippen molar-refractivity contribution in [2.24, 2.45) is 0 Å². The highest BCUT2D eigenvalue weighted by Gasteiger charge is 2.23. The molecule has 1 aromatic rings. The highest BCUT2D eigenvalue weighted by Crippen LogP contribution is 2.26. The summed E-state index contributed by atoms with van der Waals surface area (Å²) in [5.74, 6) is -0.0464. The first-order chi connectivity index (χ1) is 11.8. The van der Waals surface area contributed by atoms with Gasteiger partial charge in [-0.05, 0) is 25.5 Å². The van der Waals surface area contributed by atoms with Crippen LogP contribution in [0.3, 0.4) is 0 Å². The molecule has 0 saturated carbocycles. The summed E-state index contributed by atoms with van der Waals surface area (Å²) in [6, 6.07) is 2.84. The van der Waals surface area contributed by atoms with Gasteiger partial charge >= 0.3 is 6.03 Å². The topological polar surface area (TPSA) is 108 Å². The summed E-state index contributed by atoms with van der Waals surface area (Å²) in [5.41, 5.74) is 1.75. The fourth-order valence-corrected chi connectivity index (χ4v) is 2.72. The summed E-state index contributed by atoms with van der Waals surface area (Å²) in [6.45, 7) is 5.99. The van der Waals surface area contributed by atoms with Gasteiger partial charge in [-0.3, -0.25) is 19.8 Å². The molecule has 136 valence electrons. The van der Waals surface area contributed by atoms with Crippen LogP contribution in [0.4, 0.5) is 16.2 Å². The third-order valence-electron chi connectivity index (χ3n) is 4.29. The van der Waals surface area contributed by atoms with E-state index in [0.29, 0.717) is 49.5 Å². The van der Waals surface area contributed by atoms with Gasteiger partial charge in [0, 0.05) is 50.5 Å². The molecule has 1 aliphatic rings. The lowest BCUT2D eigenvalue weighted by Crippen LogP contribution is -2.51. The number of anilines is 1. The first kappa shape index (κ1) is 18.7. The van der Waals surface area contributed by atoms with E-state index in [1.165, 1.54) is 6.07 Å². The van der Waals surface area contributed by atoms with E-state index in [9.17, 15) is 19.7 Å². The first-order valence-corrected chi connectivity index (χ1v) is 8.06. The van der Waals surface area contributed by atoms with E-state index in [4.69, 9.17) is 0 Å². The van der Waals surface area contributed by atoms with Gasteiger partial charge in [0.05, 0.1) is 11.5 Å². The molecule has 1 aromatic carbocycles. The molecule has 1 fully saturated rings. The maximum atomic E-state index is 12.4. The van der Waals surface area contributed by atoms with Crippen molar-refractivity contribution in [3.8, 4) is 0 Å². The van der Waals surface area contributed by atoms with E-state index in [0.717, 1.165) is 0 Å². The number of aryl methyl sites for hydroxylation is 2. The minimum absolute atomic E-state index is 0.0401. The Balaban J connectivity index is 1.96. The van der Waals surface area contributed by atoms with E-state index >= 15 is 0 Å². The molecule has 0 aromatic heterocycles. The summed E-state index contributed by atoms with van der Waals surface area (Å²) >= 11 is 0. The SMILES string of the molecule is CNC(=O)CN1CCN(C(=O)Nc2cc(C)c([N+](=O)[O-])cc2C)CC1. The zero-order valence-electron chi connectivity index (χ0n) is 14.7. The van der Waals surface area contributed by atoms with Gasteiger partial charge in [0.2, 0.25) is 5.91 Å². The van der Waals surface area contributed by atoms with Gasteiger partial charge in [0.15, 0.2) is 0 Å². The molecule has 0 aliphatic carbocycles. The Morgan fingerprint density at radius 2 is 1.80 bits per heavy atom. The molecule has 1 saturated heterocycles. The number of urea groups is 1. The number of amides is 3. The van der Waals surface area contributed by atoms with Crippen molar-refractivity contribution >= 4 is 23.3 Å². The summed E-state index contributed by atoms with van der Waals surface area (Å²) in [5, 5.41) is 16.4. The lowest BCUT2D eigenvalue weighted by Gasteiger charge is -2.34. The van der Waals surface area contributed by atoms with E-state index in [2.05, 4.69) is 10.6 Å². The highest BCUT2D eigenvalue weighted by molar-refractivity contribution is 5.90. The van der Waals surface area contributed by atoms with Crippen LogP contribution in [0.2, 0.25) is 0 Å². The van der Waals surface area contributed by atoms with Gasteiger partial charge in [-0.15, -0.1) is 0 Å². The fraction of sp³-hybridized carbons (Fsp3) is 0.500. The summed E-state index contributed by atoms with van der Waals surface area (Å²) in [7, 11) is 1.60. The van der Waals surface area contributed by atoms with E-state index < -0.39 is 4.92 Å². The predicted molar refractivity (Wildman–Crippen MR) is 93.7 cm³/mol. The maximum absolute atomic E-state index is 12.4. The minimum Gasteiger partial charge on any atom is -0.358 e. The Labute approximate surface area is 146 Å². The third kappa shape index (κ3) is 4.66. The van der Waals surface area contributed by atoms with Crippen LogP contribution in [0.5, 0.6) is 0 Å². The molecule has 0 bridgehead atoms. The first-order valence-electron chi connectivity index (χ1n) is 8.06. The Kier molecular flexibility index (Phi) is 5.92. The molecular formula is C16H23N5O4. The monoisotopic (exact) mass is 349 g/mol. The number of nitro benzene ring substituents is 1. The van der Waals surface area contributed by atoms with Crippen LogP contribution in [0.1, 0.15) is 11.1 Å². The molecule has 0 unspecified atom stereocenters. The molecule has 2 rings (SSSR count). The number of nitrogens with one attached hydrogen (secondary N) is 2. The van der Waals surface area contributed by atoms with Gasteiger partial charge in [-0.1, -0.05) is 0 Å². The molecule has 2 N–H and O–H groups in total. The number of carbonyl (C=O) groups excluding carboxylic acids is 2. The second kappa shape index (κ2) is 7.93. The van der Waals surface area contributed by atoms with Crippen LogP contribution in [0.15, 0.2) is 12.1 Å². The molecular weight excluding hydrogens is 326 g/mol. The van der Waals surface area contributed by atoms with Crippen LogP contribution in [0, 0.1) is 24.0 Å². The number of hydrogen-bond acceptors (Lipinski definition) is 5. The van der Waals surface area contributed by atoms with Crippen molar-refractivity contribution in [3.05, 3.63) is 33.4 Å². The average Bonchev–Trinajstić information content (AvgIpc) is 2.58. The van der Waals surface area contributed by atoms with Gasteiger partial charge in [0.25, 0.3) is 5.69 Å². The lowest BCUT2D eigenvalue weighted by atomic mass is 10.1. The molecule has 0 spiro atoms. The van der Waals surface area contributed by atoms with Crippen molar-refractivity contribution < 1.29 is 14.5 Å². The van der Waals surface area contributed by atoms with E-state index in [1.54, 1.807) is 31.9 Å². The molecule has 0 atom stereocenters. The summed E-state index contributed by atoms with van der Waals surface area (Å²) in [6.07, 6.45) is 0. The Morgan fingerprint density at radius 1 is 1.16 bits per heavy atom.